The second kappa shape index (κ2) is 6.98. The molecular weight excluding hydrogens is 274 g/mol. The Kier molecular flexibility index (Phi) is 5.30. The number of amides is 1. The van der Waals surface area contributed by atoms with Crippen molar-refractivity contribution < 1.29 is 9.53 Å². The summed E-state index contributed by atoms with van der Waals surface area (Å²) < 4.78 is 5.63. The lowest BCUT2D eigenvalue weighted by atomic mass is 9.87. The van der Waals surface area contributed by atoms with Crippen LogP contribution in [-0.2, 0) is 4.79 Å². The van der Waals surface area contributed by atoms with Gasteiger partial charge in [0.25, 0.3) is 5.91 Å². The quantitative estimate of drug-likeness (QED) is 0.917. The molecule has 1 saturated carbocycles. The second-order valence-corrected chi connectivity index (χ2v) is 6.06. The molecule has 0 spiro atoms. The van der Waals surface area contributed by atoms with E-state index in [2.05, 4.69) is 12.2 Å². The topological polar surface area (TPSA) is 38.3 Å². The summed E-state index contributed by atoms with van der Waals surface area (Å²) in [6, 6.07) is 7.49. The zero-order chi connectivity index (χ0) is 14.5. The van der Waals surface area contributed by atoms with Crippen LogP contribution in [0, 0.1) is 5.92 Å². The maximum atomic E-state index is 12.1. The highest BCUT2D eigenvalue weighted by molar-refractivity contribution is 6.32. The van der Waals surface area contributed by atoms with E-state index < -0.39 is 6.10 Å². The standard InChI is InChI=1S/C16H22ClNO2/c1-11-7-9-13(10-8-11)18-16(19)12(2)20-15-6-4-3-5-14(15)17/h3-6,11-13H,7-10H2,1-2H3,(H,18,19). The molecule has 0 aromatic heterocycles. The fourth-order valence-electron chi connectivity index (χ4n) is 2.51. The van der Waals surface area contributed by atoms with Crippen LogP contribution < -0.4 is 10.1 Å². The van der Waals surface area contributed by atoms with E-state index in [0.717, 1.165) is 18.8 Å². The first-order valence-corrected chi connectivity index (χ1v) is 7.65. The van der Waals surface area contributed by atoms with E-state index in [1.165, 1.54) is 12.8 Å². The van der Waals surface area contributed by atoms with Crippen LogP contribution in [0.5, 0.6) is 5.75 Å². The van der Waals surface area contributed by atoms with E-state index in [1.807, 2.05) is 12.1 Å². The lowest BCUT2D eigenvalue weighted by Gasteiger charge is -2.28. The molecule has 0 aliphatic heterocycles. The first kappa shape index (κ1) is 15.2. The van der Waals surface area contributed by atoms with Crippen LogP contribution in [-0.4, -0.2) is 18.1 Å². The minimum absolute atomic E-state index is 0.0653. The molecule has 1 aromatic rings. The first-order chi connectivity index (χ1) is 9.56. The predicted molar refractivity (Wildman–Crippen MR) is 81.1 cm³/mol. The highest BCUT2D eigenvalue weighted by Gasteiger charge is 2.23. The van der Waals surface area contributed by atoms with Gasteiger partial charge in [0, 0.05) is 6.04 Å². The highest BCUT2D eigenvalue weighted by atomic mass is 35.5. The summed E-state index contributed by atoms with van der Waals surface area (Å²) in [6.07, 6.45) is 3.96. The Morgan fingerprint density at radius 3 is 2.60 bits per heavy atom. The number of halogens is 1. The van der Waals surface area contributed by atoms with Crippen LogP contribution in [0.2, 0.25) is 5.02 Å². The van der Waals surface area contributed by atoms with Gasteiger partial charge >= 0.3 is 0 Å². The summed E-state index contributed by atoms with van der Waals surface area (Å²) in [6.45, 7) is 4.02. The Bertz CT molecular complexity index is 456. The van der Waals surface area contributed by atoms with Gasteiger partial charge in [0.1, 0.15) is 5.75 Å². The largest absolute Gasteiger partial charge is 0.479 e. The van der Waals surface area contributed by atoms with Crippen molar-refractivity contribution in [1.29, 1.82) is 0 Å². The van der Waals surface area contributed by atoms with Gasteiger partial charge in [0.2, 0.25) is 0 Å². The molecule has 2 rings (SSSR count). The molecular formula is C16H22ClNO2. The Morgan fingerprint density at radius 1 is 1.30 bits per heavy atom. The van der Waals surface area contributed by atoms with E-state index in [1.54, 1.807) is 19.1 Å². The van der Waals surface area contributed by atoms with Crippen molar-refractivity contribution in [3.05, 3.63) is 29.3 Å². The molecule has 3 nitrogen and oxygen atoms in total. The van der Waals surface area contributed by atoms with Gasteiger partial charge in [-0.1, -0.05) is 30.7 Å². The average Bonchev–Trinajstić information content (AvgIpc) is 2.44. The lowest BCUT2D eigenvalue weighted by molar-refractivity contribution is -0.128. The molecule has 4 heteroatoms. The molecule has 0 saturated heterocycles. The van der Waals surface area contributed by atoms with Gasteiger partial charge in [0.15, 0.2) is 6.10 Å². The molecule has 1 unspecified atom stereocenters. The number of benzene rings is 1. The van der Waals surface area contributed by atoms with E-state index in [-0.39, 0.29) is 11.9 Å². The SMILES string of the molecule is CC1CCC(NC(=O)C(C)Oc2ccccc2Cl)CC1. The summed E-state index contributed by atoms with van der Waals surface area (Å²) in [4.78, 5) is 12.1. The molecule has 20 heavy (non-hydrogen) atoms. The number of hydrogen-bond donors (Lipinski definition) is 1. The second-order valence-electron chi connectivity index (χ2n) is 5.66. The average molecular weight is 296 g/mol. The Balaban J connectivity index is 1.84. The Hall–Kier alpha value is -1.22. The monoisotopic (exact) mass is 295 g/mol. The number of nitrogens with one attached hydrogen (secondary N) is 1. The summed E-state index contributed by atoms with van der Waals surface area (Å²) >= 11 is 6.02. The maximum Gasteiger partial charge on any atom is 0.260 e. The van der Waals surface area contributed by atoms with Crippen LogP contribution in [0.25, 0.3) is 0 Å². The molecule has 1 atom stereocenters. The number of ether oxygens (including phenoxy) is 1. The minimum atomic E-state index is -0.533. The summed E-state index contributed by atoms with van der Waals surface area (Å²) in [5.74, 6) is 1.26. The third-order valence-electron chi connectivity index (χ3n) is 3.87. The third kappa shape index (κ3) is 4.14. The van der Waals surface area contributed by atoms with Crippen molar-refractivity contribution in [3.63, 3.8) is 0 Å². The molecule has 1 aromatic carbocycles. The molecule has 1 aliphatic carbocycles. The van der Waals surface area contributed by atoms with Gasteiger partial charge in [-0.15, -0.1) is 0 Å². The van der Waals surface area contributed by atoms with Gasteiger partial charge in [-0.2, -0.15) is 0 Å². The van der Waals surface area contributed by atoms with Gasteiger partial charge in [-0.3, -0.25) is 4.79 Å². The Morgan fingerprint density at radius 2 is 1.95 bits per heavy atom. The van der Waals surface area contributed by atoms with Crippen molar-refractivity contribution in [3.8, 4) is 5.75 Å². The molecule has 1 fully saturated rings. The number of hydrogen-bond acceptors (Lipinski definition) is 2. The maximum absolute atomic E-state index is 12.1. The van der Waals surface area contributed by atoms with Crippen molar-refractivity contribution in [2.45, 2.75) is 51.7 Å². The third-order valence-corrected chi connectivity index (χ3v) is 4.18. The number of para-hydroxylation sites is 1. The van der Waals surface area contributed by atoms with Crippen LogP contribution in [0.3, 0.4) is 0 Å². The van der Waals surface area contributed by atoms with E-state index in [4.69, 9.17) is 16.3 Å². The molecule has 110 valence electrons. The summed E-state index contributed by atoms with van der Waals surface area (Å²) in [7, 11) is 0. The molecule has 0 radical (unpaired) electrons. The van der Waals surface area contributed by atoms with Crippen molar-refractivity contribution in [2.24, 2.45) is 5.92 Å². The van der Waals surface area contributed by atoms with Gasteiger partial charge in [-0.25, -0.2) is 0 Å². The van der Waals surface area contributed by atoms with E-state index >= 15 is 0 Å². The Labute approximate surface area is 125 Å². The summed E-state index contributed by atoms with van der Waals surface area (Å²) in [5.41, 5.74) is 0. The van der Waals surface area contributed by atoms with Gasteiger partial charge < -0.3 is 10.1 Å². The molecule has 1 aliphatic rings. The van der Waals surface area contributed by atoms with Crippen LogP contribution in [0.1, 0.15) is 39.5 Å². The minimum Gasteiger partial charge on any atom is -0.479 e. The van der Waals surface area contributed by atoms with Crippen LogP contribution in [0.15, 0.2) is 24.3 Å². The van der Waals surface area contributed by atoms with Gasteiger partial charge in [-0.05, 0) is 50.7 Å². The molecule has 0 bridgehead atoms. The van der Waals surface area contributed by atoms with Crippen molar-refractivity contribution in [1.82, 2.24) is 5.32 Å². The molecule has 0 heterocycles. The van der Waals surface area contributed by atoms with Crippen molar-refractivity contribution in [2.75, 3.05) is 0 Å². The van der Waals surface area contributed by atoms with Crippen molar-refractivity contribution >= 4 is 17.5 Å². The van der Waals surface area contributed by atoms with E-state index in [0.29, 0.717) is 10.8 Å². The number of carbonyl (C=O) groups excluding carboxylic acids is 1. The zero-order valence-corrected chi connectivity index (χ0v) is 12.8. The van der Waals surface area contributed by atoms with Crippen LogP contribution in [0.4, 0.5) is 0 Å². The zero-order valence-electron chi connectivity index (χ0n) is 12.1. The fraction of sp³-hybridized carbons (Fsp3) is 0.562. The summed E-state index contributed by atoms with van der Waals surface area (Å²) in [5, 5.41) is 3.60. The van der Waals surface area contributed by atoms with E-state index in [9.17, 15) is 4.79 Å². The smallest absolute Gasteiger partial charge is 0.260 e. The number of carbonyl (C=O) groups is 1. The molecule has 1 N–H and O–H groups in total. The predicted octanol–water partition coefficient (Wildman–Crippen LogP) is 3.80. The lowest BCUT2D eigenvalue weighted by Crippen LogP contribution is -2.43. The van der Waals surface area contributed by atoms with Crippen LogP contribution >= 0.6 is 11.6 Å². The number of rotatable bonds is 4. The normalized spacial score (nSPS) is 23.9. The first-order valence-electron chi connectivity index (χ1n) is 7.28. The molecule has 1 amide bonds. The highest BCUT2D eigenvalue weighted by Crippen LogP contribution is 2.25. The van der Waals surface area contributed by atoms with Gasteiger partial charge in [0.05, 0.1) is 5.02 Å². The fourth-order valence-corrected chi connectivity index (χ4v) is 2.69.